The molecule has 1 heterocycles. The van der Waals surface area contributed by atoms with Crippen molar-refractivity contribution in [3.8, 4) is 0 Å². The van der Waals surface area contributed by atoms with Crippen LogP contribution in [0.4, 0.5) is 10.5 Å². The van der Waals surface area contributed by atoms with Gasteiger partial charge in [-0.3, -0.25) is 15.0 Å². The molecule has 0 saturated carbocycles. The monoisotopic (exact) mass is 290 g/mol. The predicted octanol–water partition coefficient (Wildman–Crippen LogP) is 0.861. The highest BCUT2D eigenvalue weighted by molar-refractivity contribution is 5.96. The van der Waals surface area contributed by atoms with Gasteiger partial charge in [-0.1, -0.05) is 6.07 Å². The molecule has 0 radical (unpaired) electrons. The van der Waals surface area contributed by atoms with Gasteiger partial charge in [0.2, 0.25) is 5.91 Å². The van der Waals surface area contributed by atoms with E-state index in [2.05, 4.69) is 15.5 Å². The van der Waals surface area contributed by atoms with Crippen molar-refractivity contribution in [3.05, 3.63) is 29.3 Å². The van der Waals surface area contributed by atoms with Gasteiger partial charge < -0.3 is 11.1 Å². The summed E-state index contributed by atoms with van der Waals surface area (Å²) in [5, 5.41) is 4.91. The van der Waals surface area contributed by atoms with Crippen LogP contribution >= 0.6 is 0 Å². The normalized spacial score (nSPS) is 15.9. The Balaban J connectivity index is 1.99. The van der Waals surface area contributed by atoms with Crippen molar-refractivity contribution in [2.75, 3.05) is 18.8 Å². The molecule has 0 aromatic heterocycles. The van der Waals surface area contributed by atoms with Crippen LogP contribution in [0.5, 0.6) is 0 Å². The summed E-state index contributed by atoms with van der Waals surface area (Å²) in [6.07, 6.45) is 0.883. The number of fused-ring (bicyclic) bond motifs is 1. The molecule has 21 heavy (non-hydrogen) atoms. The van der Waals surface area contributed by atoms with Crippen LogP contribution in [0, 0.1) is 0 Å². The van der Waals surface area contributed by atoms with Crippen molar-refractivity contribution in [1.82, 2.24) is 15.5 Å². The molecule has 0 saturated heterocycles. The summed E-state index contributed by atoms with van der Waals surface area (Å²) in [6.45, 7) is 5.57. The number of carbonyl (C=O) groups is 2. The lowest BCUT2D eigenvalue weighted by Crippen LogP contribution is -2.50. The minimum atomic E-state index is -0.448. The molecule has 0 spiro atoms. The minimum absolute atomic E-state index is 0.284. The third kappa shape index (κ3) is 3.72. The first-order chi connectivity index (χ1) is 10.0. The van der Waals surface area contributed by atoms with Gasteiger partial charge >= 0.3 is 6.03 Å². The smallest absolute Gasteiger partial charge is 0.321 e. The maximum atomic E-state index is 12.1. The Kier molecular flexibility index (Phi) is 4.80. The molecule has 0 bridgehead atoms. The molecule has 6 nitrogen and oxygen atoms in total. The lowest BCUT2D eigenvalue weighted by Gasteiger charge is -2.32. The highest BCUT2D eigenvalue weighted by Crippen LogP contribution is 2.22. The van der Waals surface area contributed by atoms with Gasteiger partial charge in [0.05, 0.1) is 6.04 Å². The number of nitrogen functional groups attached to an aromatic ring is 1. The van der Waals surface area contributed by atoms with Crippen molar-refractivity contribution in [1.29, 1.82) is 0 Å². The Morgan fingerprint density at radius 1 is 1.38 bits per heavy atom. The van der Waals surface area contributed by atoms with Gasteiger partial charge in [0.1, 0.15) is 0 Å². The first-order valence-corrected chi connectivity index (χ1v) is 7.21. The molecule has 4 N–H and O–H groups in total. The first kappa shape index (κ1) is 15.3. The van der Waals surface area contributed by atoms with E-state index in [1.807, 2.05) is 25.1 Å². The SMILES string of the molecule is CCNC(=O)NC(=O)C(C)N1CCc2ccc(N)cc2C1. The van der Waals surface area contributed by atoms with Gasteiger partial charge in [0.15, 0.2) is 0 Å². The molecule has 0 fully saturated rings. The van der Waals surface area contributed by atoms with Gasteiger partial charge in [0, 0.05) is 25.3 Å². The summed E-state index contributed by atoms with van der Waals surface area (Å²) < 4.78 is 0. The number of anilines is 1. The van der Waals surface area contributed by atoms with Crippen LogP contribution in [0.25, 0.3) is 0 Å². The Bertz CT molecular complexity index is 544. The van der Waals surface area contributed by atoms with Gasteiger partial charge in [0.25, 0.3) is 0 Å². The molecular formula is C15H22N4O2. The van der Waals surface area contributed by atoms with Crippen LogP contribution < -0.4 is 16.4 Å². The average molecular weight is 290 g/mol. The molecule has 1 atom stereocenters. The second kappa shape index (κ2) is 6.58. The maximum absolute atomic E-state index is 12.1. The number of nitrogens with two attached hydrogens (primary N) is 1. The van der Waals surface area contributed by atoms with E-state index in [0.29, 0.717) is 13.1 Å². The predicted molar refractivity (Wildman–Crippen MR) is 81.6 cm³/mol. The average Bonchev–Trinajstić information content (AvgIpc) is 2.45. The number of nitrogens with one attached hydrogen (secondary N) is 2. The number of nitrogens with zero attached hydrogens (tertiary/aromatic N) is 1. The van der Waals surface area contributed by atoms with Crippen LogP contribution in [0.1, 0.15) is 25.0 Å². The Morgan fingerprint density at radius 3 is 2.86 bits per heavy atom. The van der Waals surface area contributed by atoms with Gasteiger partial charge in [-0.25, -0.2) is 4.79 Å². The summed E-state index contributed by atoms with van der Waals surface area (Å²) in [6, 6.07) is 5.09. The molecular weight excluding hydrogens is 268 g/mol. The molecule has 114 valence electrons. The molecule has 1 aromatic carbocycles. The second-order valence-corrected chi connectivity index (χ2v) is 5.27. The number of hydrogen-bond acceptors (Lipinski definition) is 4. The highest BCUT2D eigenvalue weighted by atomic mass is 16.2. The molecule has 1 aromatic rings. The van der Waals surface area contributed by atoms with Gasteiger partial charge in [-0.2, -0.15) is 0 Å². The van der Waals surface area contributed by atoms with E-state index in [1.165, 1.54) is 5.56 Å². The highest BCUT2D eigenvalue weighted by Gasteiger charge is 2.26. The lowest BCUT2D eigenvalue weighted by atomic mass is 9.98. The van der Waals surface area contributed by atoms with Crippen LogP contribution in [0.15, 0.2) is 18.2 Å². The fraction of sp³-hybridized carbons (Fsp3) is 0.467. The van der Waals surface area contributed by atoms with E-state index in [1.54, 1.807) is 6.92 Å². The molecule has 1 aliphatic rings. The van der Waals surface area contributed by atoms with Crippen molar-refractivity contribution in [3.63, 3.8) is 0 Å². The summed E-state index contributed by atoms with van der Waals surface area (Å²) in [4.78, 5) is 25.5. The number of rotatable bonds is 3. The van der Waals surface area contributed by atoms with Crippen molar-refractivity contribution in [2.45, 2.75) is 32.9 Å². The van der Waals surface area contributed by atoms with E-state index < -0.39 is 6.03 Å². The van der Waals surface area contributed by atoms with Crippen molar-refractivity contribution < 1.29 is 9.59 Å². The third-order valence-electron chi connectivity index (χ3n) is 3.77. The third-order valence-corrected chi connectivity index (χ3v) is 3.77. The van der Waals surface area contributed by atoms with E-state index >= 15 is 0 Å². The Hall–Kier alpha value is -2.08. The summed E-state index contributed by atoms with van der Waals surface area (Å²) >= 11 is 0. The summed E-state index contributed by atoms with van der Waals surface area (Å²) in [5.74, 6) is -0.284. The van der Waals surface area contributed by atoms with Gasteiger partial charge in [-0.15, -0.1) is 0 Å². The Labute approximate surface area is 124 Å². The molecule has 1 aliphatic heterocycles. The fourth-order valence-electron chi connectivity index (χ4n) is 2.52. The number of carbonyl (C=O) groups excluding carboxylic acids is 2. The largest absolute Gasteiger partial charge is 0.399 e. The number of urea groups is 1. The zero-order chi connectivity index (χ0) is 15.4. The van der Waals surface area contributed by atoms with Crippen molar-refractivity contribution in [2.24, 2.45) is 0 Å². The number of amides is 3. The van der Waals surface area contributed by atoms with E-state index in [9.17, 15) is 9.59 Å². The Morgan fingerprint density at radius 2 is 2.14 bits per heavy atom. The lowest BCUT2D eigenvalue weighted by molar-refractivity contribution is -0.125. The summed E-state index contributed by atoms with van der Waals surface area (Å²) in [7, 11) is 0. The van der Waals surface area contributed by atoms with E-state index in [-0.39, 0.29) is 11.9 Å². The molecule has 3 amide bonds. The molecule has 0 aliphatic carbocycles. The zero-order valence-corrected chi connectivity index (χ0v) is 12.5. The summed E-state index contributed by atoms with van der Waals surface area (Å²) in [5.41, 5.74) is 8.97. The van der Waals surface area contributed by atoms with Crippen LogP contribution in [0.3, 0.4) is 0 Å². The maximum Gasteiger partial charge on any atom is 0.321 e. The number of benzene rings is 1. The van der Waals surface area contributed by atoms with E-state index in [0.717, 1.165) is 24.2 Å². The molecule has 1 unspecified atom stereocenters. The standard InChI is InChI=1S/C15H22N4O2/c1-3-17-15(21)18-14(20)10(2)19-7-6-11-4-5-13(16)8-12(11)9-19/h4-5,8,10H,3,6-7,9,16H2,1-2H3,(H2,17,18,20,21). The van der Waals surface area contributed by atoms with E-state index in [4.69, 9.17) is 5.73 Å². The topological polar surface area (TPSA) is 87.5 Å². The quantitative estimate of drug-likeness (QED) is 0.721. The number of hydrogen-bond donors (Lipinski definition) is 3. The van der Waals surface area contributed by atoms with Crippen molar-refractivity contribution >= 4 is 17.6 Å². The second-order valence-electron chi connectivity index (χ2n) is 5.27. The number of imide groups is 1. The van der Waals surface area contributed by atoms with Crippen LogP contribution in [0.2, 0.25) is 0 Å². The van der Waals surface area contributed by atoms with Gasteiger partial charge in [-0.05, 0) is 43.5 Å². The van der Waals surface area contributed by atoms with Crippen LogP contribution in [-0.2, 0) is 17.8 Å². The minimum Gasteiger partial charge on any atom is -0.399 e. The first-order valence-electron chi connectivity index (χ1n) is 7.21. The zero-order valence-electron chi connectivity index (χ0n) is 12.5. The molecule has 2 rings (SSSR count). The fourth-order valence-corrected chi connectivity index (χ4v) is 2.52. The van der Waals surface area contributed by atoms with Crippen LogP contribution in [-0.4, -0.2) is 36.0 Å². The molecule has 6 heteroatoms.